The van der Waals surface area contributed by atoms with Gasteiger partial charge in [0, 0.05) is 19.0 Å². The van der Waals surface area contributed by atoms with E-state index in [2.05, 4.69) is 53.4 Å². The molecule has 0 aliphatic carbocycles. The third-order valence-electron chi connectivity index (χ3n) is 6.52. The summed E-state index contributed by atoms with van der Waals surface area (Å²) in [6.45, 7) is 3.32. The molecule has 2 aromatic carbocycles. The zero-order chi connectivity index (χ0) is 24.1. The van der Waals surface area contributed by atoms with Crippen LogP contribution in [-0.2, 0) is 16.6 Å². The summed E-state index contributed by atoms with van der Waals surface area (Å²) in [5.74, 6) is 0.0173. The van der Waals surface area contributed by atoms with E-state index in [4.69, 9.17) is 5.10 Å². The maximum absolute atomic E-state index is 13.0. The molecule has 2 aliphatic rings. The number of aryl methyl sites for hydroxylation is 1. The molecule has 2 unspecified atom stereocenters. The summed E-state index contributed by atoms with van der Waals surface area (Å²) in [6.07, 6.45) is 1.90. The fourth-order valence-corrected chi connectivity index (χ4v) is 5.95. The van der Waals surface area contributed by atoms with Gasteiger partial charge in [-0.05, 0) is 43.0 Å². The Morgan fingerprint density at radius 1 is 1.09 bits per heavy atom. The fourth-order valence-electron chi connectivity index (χ4n) is 4.59. The molecule has 9 heteroatoms. The van der Waals surface area contributed by atoms with Crippen molar-refractivity contribution in [2.45, 2.75) is 50.9 Å². The van der Waals surface area contributed by atoms with Crippen LogP contribution >= 0.6 is 0 Å². The number of benzene rings is 2. The van der Waals surface area contributed by atoms with Gasteiger partial charge in [-0.1, -0.05) is 67.9 Å². The molecule has 2 aromatic rings. The zero-order valence-corrected chi connectivity index (χ0v) is 20.7. The van der Waals surface area contributed by atoms with Crippen molar-refractivity contribution in [3.63, 3.8) is 0 Å². The molecule has 8 nitrogen and oxygen atoms in total. The minimum absolute atomic E-state index is 0.0173. The van der Waals surface area contributed by atoms with Gasteiger partial charge in [0.25, 0.3) is 10.2 Å². The minimum Gasteiger partial charge on any atom is -0.393 e. The first-order chi connectivity index (χ1) is 16.4. The van der Waals surface area contributed by atoms with Gasteiger partial charge in [-0.3, -0.25) is 10.3 Å². The van der Waals surface area contributed by atoms with E-state index in [-0.39, 0.29) is 5.92 Å². The van der Waals surface area contributed by atoms with E-state index < -0.39 is 22.6 Å². The third kappa shape index (κ3) is 5.67. The second-order valence-electron chi connectivity index (χ2n) is 8.96. The number of aliphatic hydroxyl groups is 1. The molecule has 3 N–H and O–H groups in total. The molecule has 2 atom stereocenters. The van der Waals surface area contributed by atoms with Crippen molar-refractivity contribution in [2.24, 2.45) is 5.10 Å². The number of nitrogens with zero attached hydrogens (tertiary/aromatic N) is 3. The van der Waals surface area contributed by atoms with Crippen molar-refractivity contribution in [1.29, 1.82) is 0 Å². The number of hydrazone groups is 1. The Labute approximate surface area is 202 Å². The van der Waals surface area contributed by atoms with Crippen molar-refractivity contribution in [3.05, 3.63) is 71.3 Å². The largest absolute Gasteiger partial charge is 0.393 e. The molecule has 0 saturated carbocycles. The first kappa shape index (κ1) is 24.8. The molecule has 1 fully saturated rings. The van der Waals surface area contributed by atoms with Crippen molar-refractivity contribution in [1.82, 2.24) is 19.4 Å². The highest BCUT2D eigenvalue weighted by molar-refractivity contribution is 7.87. The molecule has 0 spiro atoms. The van der Waals surface area contributed by atoms with Crippen LogP contribution in [0.2, 0.25) is 0 Å². The number of nitrogens with one attached hydrogen (secondary N) is 2. The smallest absolute Gasteiger partial charge is 0.282 e. The molecule has 34 heavy (non-hydrogen) atoms. The summed E-state index contributed by atoms with van der Waals surface area (Å²) >= 11 is 0. The Morgan fingerprint density at radius 2 is 1.76 bits per heavy atom. The second-order valence-corrected chi connectivity index (χ2v) is 10.7. The Balaban J connectivity index is 1.58. The van der Waals surface area contributed by atoms with Gasteiger partial charge in [0.15, 0.2) is 6.29 Å². The van der Waals surface area contributed by atoms with Gasteiger partial charge in [-0.15, -0.1) is 0 Å². The van der Waals surface area contributed by atoms with Crippen molar-refractivity contribution < 1.29 is 13.5 Å². The van der Waals surface area contributed by atoms with Crippen LogP contribution in [-0.4, -0.2) is 67.6 Å². The number of aliphatic hydroxyl groups excluding tert-OH is 1. The molecule has 4 rings (SSSR count). The zero-order valence-electron chi connectivity index (χ0n) is 19.9. The maximum atomic E-state index is 13.0. The summed E-state index contributed by atoms with van der Waals surface area (Å²) in [5.41, 5.74) is 4.41. The lowest BCUT2D eigenvalue weighted by atomic mass is 9.90. The van der Waals surface area contributed by atoms with Gasteiger partial charge in [0.05, 0.1) is 18.4 Å². The van der Waals surface area contributed by atoms with E-state index >= 15 is 0 Å². The Bertz CT molecular complexity index is 1070. The molecular formula is C25H35N5O3S. The highest BCUT2D eigenvalue weighted by Gasteiger charge is 2.36. The molecule has 2 heterocycles. The van der Waals surface area contributed by atoms with Crippen LogP contribution in [0.25, 0.3) is 0 Å². The number of piperidine rings is 1. The molecular weight excluding hydrogens is 450 g/mol. The molecule has 0 aromatic heterocycles. The summed E-state index contributed by atoms with van der Waals surface area (Å²) < 4.78 is 30.2. The molecule has 1 saturated heterocycles. The second kappa shape index (κ2) is 11.0. The third-order valence-corrected chi connectivity index (χ3v) is 8.09. The minimum atomic E-state index is -3.73. The van der Waals surface area contributed by atoms with Crippen LogP contribution in [0.1, 0.15) is 48.8 Å². The van der Waals surface area contributed by atoms with Crippen LogP contribution in [0.5, 0.6) is 0 Å². The van der Waals surface area contributed by atoms with E-state index in [9.17, 15) is 13.5 Å². The Kier molecular flexibility index (Phi) is 8.00. The lowest BCUT2D eigenvalue weighted by Gasteiger charge is -2.32. The quantitative estimate of drug-likeness (QED) is 0.474. The van der Waals surface area contributed by atoms with Crippen LogP contribution in [0.3, 0.4) is 0 Å². The normalized spacial score (nSPS) is 21.0. The Hall–Kier alpha value is -2.30. The van der Waals surface area contributed by atoms with Gasteiger partial charge >= 0.3 is 0 Å². The highest BCUT2D eigenvalue weighted by atomic mass is 32.2. The van der Waals surface area contributed by atoms with E-state index in [1.54, 1.807) is 12.1 Å². The van der Waals surface area contributed by atoms with Crippen LogP contribution in [0, 0.1) is 0 Å². The predicted molar refractivity (Wildman–Crippen MR) is 135 cm³/mol. The molecule has 2 aliphatic heterocycles. The lowest BCUT2D eigenvalue weighted by Crippen LogP contribution is -2.57. The summed E-state index contributed by atoms with van der Waals surface area (Å²) in [4.78, 5) is 0. The highest BCUT2D eigenvalue weighted by Crippen LogP contribution is 2.29. The molecule has 184 valence electrons. The lowest BCUT2D eigenvalue weighted by molar-refractivity contribution is 0.111. The monoisotopic (exact) mass is 485 g/mol. The number of rotatable bonds is 9. The first-order valence-electron chi connectivity index (χ1n) is 12.0. The van der Waals surface area contributed by atoms with Gasteiger partial charge in [-0.25, -0.2) is 0 Å². The van der Waals surface area contributed by atoms with Gasteiger partial charge < -0.3 is 5.11 Å². The molecule has 0 radical (unpaired) electrons. The average molecular weight is 486 g/mol. The summed E-state index contributed by atoms with van der Waals surface area (Å²) in [7, 11) is -2.01. The summed E-state index contributed by atoms with van der Waals surface area (Å²) in [5, 5.41) is 19.5. The van der Waals surface area contributed by atoms with Crippen LogP contribution < -0.4 is 10.0 Å². The Morgan fingerprint density at radius 3 is 2.38 bits per heavy atom. The molecule has 0 bridgehead atoms. The van der Waals surface area contributed by atoms with Crippen molar-refractivity contribution in [3.8, 4) is 0 Å². The van der Waals surface area contributed by atoms with E-state index in [0.29, 0.717) is 32.5 Å². The number of hydrogen-bond acceptors (Lipinski definition) is 6. The first-order valence-corrected chi connectivity index (χ1v) is 13.5. The standard InChI is InChI=1S/C25H35N5O3S/c1-3-7-19-10-12-21(13-11-19)24-23(20-8-5-4-6-9-20)18-30(27-24)25(26-2)28-34(32,33)29-16-14-22(31)15-17-29/h4-6,8-13,22-23,25-26,28,31H,3,7,14-18H2,1-2H3. The number of hydrogen-bond donors (Lipinski definition) is 3. The predicted octanol–water partition coefficient (Wildman–Crippen LogP) is 2.24. The van der Waals surface area contributed by atoms with Gasteiger partial charge in [0.1, 0.15) is 0 Å². The van der Waals surface area contributed by atoms with Gasteiger partial charge in [0.2, 0.25) is 0 Å². The average Bonchev–Trinajstić information content (AvgIpc) is 3.29. The van der Waals surface area contributed by atoms with E-state index in [1.165, 1.54) is 9.87 Å². The van der Waals surface area contributed by atoms with Crippen molar-refractivity contribution in [2.75, 3.05) is 26.7 Å². The SMILES string of the molecule is CCCc1ccc(C2=NN(C(NC)NS(=O)(=O)N3CCC(O)CC3)CC2c2ccccc2)cc1. The van der Waals surface area contributed by atoms with Crippen LogP contribution in [0.4, 0.5) is 0 Å². The molecule has 0 amide bonds. The van der Waals surface area contributed by atoms with E-state index in [0.717, 1.165) is 29.7 Å². The van der Waals surface area contributed by atoms with Crippen molar-refractivity contribution >= 4 is 15.9 Å². The fraction of sp³-hybridized carbons (Fsp3) is 0.480. The van der Waals surface area contributed by atoms with E-state index in [1.807, 2.05) is 18.2 Å². The topological polar surface area (TPSA) is 97.3 Å². The van der Waals surface area contributed by atoms with Crippen LogP contribution in [0.15, 0.2) is 59.7 Å². The summed E-state index contributed by atoms with van der Waals surface area (Å²) in [6, 6.07) is 18.7. The maximum Gasteiger partial charge on any atom is 0.282 e. The van der Waals surface area contributed by atoms with Gasteiger partial charge in [-0.2, -0.15) is 22.5 Å².